The van der Waals surface area contributed by atoms with Gasteiger partial charge in [0.15, 0.2) is 0 Å². The maximum atomic E-state index is 8.84. The highest BCUT2D eigenvalue weighted by molar-refractivity contribution is 7.10. The van der Waals surface area contributed by atoms with Gasteiger partial charge in [-0.3, -0.25) is 0 Å². The Kier molecular flexibility index (Phi) is 3.62. The molecule has 1 atom stereocenters. The Balaban J connectivity index is 2.19. The van der Waals surface area contributed by atoms with E-state index in [1.807, 2.05) is 18.4 Å². The molecule has 0 aliphatic carbocycles. The summed E-state index contributed by atoms with van der Waals surface area (Å²) >= 11 is 7.51. The van der Waals surface area contributed by atoms with Crippen LogP contribution in [-0.2, 0) is 0 Å². The average molecular weight is 264 g/mol. The molecule has 2 aromatic rings. The molecule has 0 bridgehead atoms. The van der Waals surface area contributed by atoms with Gasteiger partial charge in [0.25, 0.3) is 0 Å². The number of anilines is 1. The number of aromatic nitrogens is 1. The van der Waals surface area contributed by atoms with Crippen LogP contribution in [0.3, 0.4) is 0 Å². The summed E-state index contributed by atoms with van der Waals surface area (Å²) < 4.78 is 0. The molecule has 2 heterocycles. The standard InChI is InChI=1S/C12H10ClN3S/c1-8(10-3-2-4-17-10)15-12-6-9(7-14)5-11(13)16-12/h2-6,8H,1H3,(H,15,16). The van der Waals surface area contributed by atoms with Crippen molar-refractivity contribution in [1.29, 1.82) is 5.26 Å². The second kappa shape index (κ2) is 5.17. The van der Waals surface area contributed by atoms with Gasteiger partial charge >= 0.3 is 0 Å². The van der Waals surface area contributed by atoms with Gasteiger partial charge in [-0.05, 0) is 30.5 Å². The summed E-state index contributed by atoms with van der Waals surface area (Å²) in [4.78, 5) is 5.35. The average Bonchev–Trinajstić information content (AvgIpc) is 2.81. The highest BCUT2D eigenvalue weighted by atomic mass is 35.5. The summed E-state index contributed by atoms with van der Waals surface area (Å²) in [7, 11) is 0. The van der Waals surface area contributed by atoms with Crippen molar-refractivity contribution in [3.05, 3.63) is 45.2 Å². The van der Waals surface area contributed by atoms with E-state index in [2.05, 4.69) is 22.4 Å². The number of thiophene rings is 1. The van der Waals surface area contributed by atoms with E-state index in [-0.39, 0.29) is 6.04 Å². The molecule has 5 heteroatoms. The zero-order valence-electron chi connectivity index (χ0n) is 9.14. The van der Waals surface area contributed by atoms with Gasteiger partial charge in [0.05, 0.1) is 17.7 Å². The van der Waals surface area contributed by atoms with Crippen molar-refractivity contribution in [3.8, 4) is 6.07 Å². The smallest absolute Gasteiger partial charge is 0.132 e. The van der Waals surface area contributed by atoms with Gasteiger partial charge in [0.1, 0.15) is 11.0 Å². The molecule has 0 fully saturated rings. The lowest BCUT2D eigenvalue weighted by molar-refractivity contribution is 0.896. The number of nitriles is 1. The van der Waals surface area contributed by atoms with Crippen molar-refractivity contribution in [1.82, 2.24) is 4.98 Å². The van der Waals surface area contributed by atoms with Gasteiger partial charge in [-0.2, -0.15) is 5.26 Å². The maximum absolute atomic E-state index is 8.84. The number of pyridine rings is 1. The lowest BCUT2D eigenvalue weighted by atomic mass is 10.2. The molecule has 0 aliphatic rings. The third-order valence-corrected chi connectivity index (χ3v) is 3.51. The number of hydrogen-bond acceptors (Lipinski definition) is 4. The zero-order valence-corrected chi connectivity index (χ0v) is 10.7. The summed E-state index contributed by atoms with van der Waals surface area (Å²) in [6.45, 7) is 2.04. The van der Waals surface area contributed by atoms with E-state index in [1.54, 1.807) is 23.5 Å². The SMILES string of the molecule is CC(Nc1cc(C#N)cc(Cl)n1)c1cccs1. The molecule has 0 spiro atoms. The van der Waals surface area contributed by atoms with Gasteiger partial charge < -0.3 is 5.32 Å². The molecular formula is C12H10ClN3S. The number of rotatable bonds is 3. The fourth-order valence-corrected chi connectivity index (χ4v) is 2.41. The quantitative estimate of drug-likeness (QED) is 0.856. The van der Waals surface area contributed by atoms with Crippen molar-refractivity contribution in [3.63, 3.8) is 0 Å². The van der Waals surface area contributed by atoms with Gasteiger partial charge in [0.2, 0.25) is 0 Å². The van der Waals surface area contributed by atoms with E-state index >= 15 is 0 Å². The zero-order chi connectivity index (χ0) is 12.3. The molecule has 0 saturated carbocycles. The minimum absolute atomic E-state index is 0.146. The van der Waals surface area contributed by atoms with Crippen LogP contribution in [0.5, 0.6) is 0 Å². The summed E-state index contributed by atoms with van der Waals surface area (Å²) in [5, 5.41) is 14.4. The third-order valence-electron chi connectivity index (χ3n) is 2.26. The molecular weight excluding hydrogens is 254 g/mol. The van der Waals surface area contributed by atoms with Crippen LogP contribution < -0.4 is 5.32 Å². The third kappa shape index (κ3) is 2.96. The number of hydrogen-bond donors (Lipinski definition) is 1. The van der Waals surface area contributed by atoms with E-state index in [1.165, 1.54) is 4.88 Å². The number of nitrogens with one attached hydrogen (secondary N) is 1. The Hall–Kier alpha value is -1.57. The molecule has 3 nitrogen and oxygen atoms in total. The molecule has 86 valence electrons. The molecule has 0 amide bonds. The Bertz CT molecular complexity index is 545. The van der Waals surface area contributed by atoms with Crippen LogP contribution in [0.25, 0.3) is 0 Å². The van der Waals surface area contributed by atoms with Crippen LogP contribution in [0, 0.1) is 11.3 Å². The normalized spacial score (nSPS) is 11.8. The van der Waals surface area contributed by atoms with Crippen LogP contribution in [-0.4, -0.2) is 4.98 Å². The van der Waals surface area contributed by atoms with E-state index in [0.29, 0.717) is 16.5 Å². The van der Waals surface area contributed by atoms with Crippen LogP contribution in [0.2, 0.25) is 5.15 Å². The fourth-order valence-electron chi connectivity index (χ4n) is 1.47. The summed E-state index contributed by atoms with van der Waals surface area (Å²) in [5.41, 5.74) is 0.505. The Morgan fingerprint density at radius 3 is 3.00 bits per heavy atom. The first kappa shape index (κ1) is 11.9. The molecule has 2 rings (SSSR count). The maximum Gasteiger partial charge on any atom is 0.132 e. The molecule has 0 aromatic carbocycles. The minimum atomic E-state index is 0.146. The highest BCUT2D eigenvalue weighted by Gasteiger charge is 2.08. The van der Waals surface area contributed by atoms with Crippen LogP contribution >= 0.6 is 22.9 Å². The summed E-state index contributed by atoms with van der Waals surface area (Å²) in [6, 6.07) is 9.49. The van der Waals surface area contributed by atoms with E-state index in [9.17, 15) is 0 Å². The molecule has 17 heavy (non-hydrogen) atoms. The van der Waals surface area contributed by atoms with Crippen molar-refractivity contribution in [2.45, 2.75) is 13.0 Å². The second-order valence-electron chi connectivity index (χ2n) is 3.56. The molecule has 0 saturated heterocycles. The van der Waals surface area contributed by atoms with E-state index in [0.717, 1.165) is 0 Å². The van der Waals surface area contributed by atoms with Gasteiger partial charge in [0, 0.05) is 4.88 Å². The number of nitrogens with zero attached hydrogens (tertiary/aromatic N) is 2. The van der Waals surface area contributed by atoms with Crippen molar-refractivity contribution < 1.29 is 0 Å². The first-order valence-corrected chi connectivity index (χ1v) is 6.32. The number of halogens is 1. The second-order valence-corrected chi connectivity index (χ2v) is 4.92. The minimum Gasteiger partial charge on any atom is -0.363 e. The van der Waals surface area contributed by atoms with Crippen molar-refractivity contribution >= 4 is 28.8 Å². The van der Waals surface area contributed by atoms with Crippen LogP contribution in [0.1, 0.15) is 23.4 Å². The van der Waals surface area contributed by atoms with Crippen LogP contribution in [0.4, 0.5) is 5.82 Å². The first-order valence-electron chi connectivity index (χ1n) is 5.06. The largest absolute Gasteiger partial charge is 0.363 e. The lowest BCUT2D eigenvalue weighted by Crippen LogP contribution is -2.06. The Morgan fingerprint density at radius 2 is 2.35 bits per heavy atom. The van der Waals surface area contributed by atoms with Gasteiger partial charge in [-0.25, -0.2) is 4.98 Å². The molecule has 1 N–H and O–H groups in total. The van der Waals surface area contributed by atoms with Crippen LogP contribution in [0.15, 0.2) is 29.6 Å². The van der Waals surface area contributed by atoms with E-state index < -0.39 is 0 Å². The Morgan fingerprint density at radius 1 is 1.53 bits per heavy atom. The lowest BCUT2D eigenvalue weighted by Gasteiger charge is -2.13. The van der Waals surface area contributed by atoms with Crippen molar-refractivity contribution in [2.24, 2.45) is 0 Å². The summed E-state index contributed by atoms with van der Waals surface area (Å²) in [6.07, 6.45) is 0. The highest BCUT2D eigenvalue weighted by Crippen LogP contribution is 2.23. The molecule has 1 unspecified atom stereocenters. The first-order chi connectivity index (χ1) is 8.19. The summed E-state index contributed by atoms with van der Waals surface area (Å²) in [5.74, 6) is 0.620. The van der Waals surface area contributed by atoms with Gasteiger partial charge in [-0.15, -0.1) is 11.3 Å². The van der Waals surface area contributed by atoms with Gasteiger partial charge in [-0.1, -0.05) is 17.7 Å². The fraction of sp³-hybridized carbons (Fsp3) is 0.167. The Labute approximate surface area is 109 Å². The molecule has 0 radical (unpaired) electrons. The molecule has 2 aromatic heterocycles. The molecule has 0 aliphatic heterocycles. The van der Waals surface area contributed by atoms with Crippen molar-refractivity contribution in [2.75, 3.05) is 5.32 Å². The van der Waals surface area contributed by atoms with E-state index in [4.69, 9.17) is 16.9 Å². The monoisotopic (exact) mass is 263 g/mol. The topological polar surface area (TPSA) is 48.7 Å². The predicted molar refractivity (Wildman–Crippen MR) is 70.3 cm³/mol. The predicted octanol–water partition coefficient (Wildman–Crippen LogP) is 3.84.